The van der Waals surface area contributed by atoms with Crippen LogP contribution in [0.1, 0.15) is 42.6 Å². The van der Waals surface area contributed by atoms with Crippen LogP contribution in [-0.4, -0.2) is 17.5 Å². The lowest BCUT2D eigenvalue weighted by Crippen LogP contribution is -2.16. The monoisotopic (exact) mass is 582 g/mol. The number of carbonyl (C=O) groups excluding carboxylic acids is 2. The van der Waals surface area contributed by atoms with Crippen LogP contribution in [0.15, 0.2) is 85.1 Å². The largest absolute Gasteiger partial charge is 0.456 e. The molecule has 0 aliphatic heterocycles. The van der Waals surface area contributed by atoms with Crippen molar-refractivity contribution in [2.24, 2.45) is 0 Å². The molecule has 8 heteroatoms. The molecule has 41 heavy (non-hydrogen) atoms. The molecule has 1 saturated carbocycles. The van der Waals surface area contributed by atoms with Crippen molar-refractivity contribution in [2.75, 3.05) is 5.32 Å². The van der Waals surface area contributed by atoms with Gasteiger partial charge in [-0.2, -0.15) is 0 Å². The number of thiophene rings is 1. The van der Waals surface area contributed by atoms with Gasteiger partial charge in [0.15, 0.2) is 0 Å². The number of hydrogen-bond donors (Lipinski definition) is 1. The molecular formula is C33H27ClN2O4S. The fraction of sp³-hybridized carbons (Fsp3) is 0.182. The Labute approximate surface area is 246 Å². The van der Waals surface area contributed by atoms with Gasteiger partial charge in [0.25, 0.3) is 6.47 Å². The molecular weight excluding hydrogens is 556 g/mol. The van der Waals surface area contributed by atoms with Crippen LogP contribution in [-0.2, 0) is 19.9 Å². The van der Waals surface area contributed by atoms with Gasteiger partial charge in [-0.25, -0.2) is 9.78 Å². The number of hydrogen-bond acceptors (Lipinski definition) is 6. The van der Waals surface area contributed by atoms with E-state index in [1.807, 2.05) is 73.8 Å². The van der Waals surface area contributed by atoms with Crippen molar-refractivity contribution in [2.45, 2.75) is 38.4 Å². The van der Waals surface area contributed by atoms with E-state index in [9.17, 15) is 9.59 Å². The van der Waals surface area contributed by atoms with Crippen molar-refractivity contribution in [1.29, 1.82) is 0 Å². The van der Waals surface area contributed by atoms with E-state index in [0.717, 1.165) is 61.3 Å². The zero-order valence-electron chi connectivity index (χ0n) is 22.5. The Bertz CT molecular complexity index is 1740. The van der Waals surface area contributed by atoms with Crippen LogP contribution in [0, 0.1) is 6.92 Å². The number of pyridine rings is 1. The number of anilines is 1. The Kier molecular flexibility index (Phi) is 7.24. The zero-order valence-corrected chi connectivity index (χ0v) is 24.1. The number of fused-ring (bicyclic) bond motifs is 1. The summed E-state index contributed by atoms with van der Waals surface area (Å²) >= 11 is 7.83. The van der Waals surface area contributed by atoms with Crippen molar-refractivity contribution in [1.82, 2.24) is 4.98 Å². The summed E-state index contributed by atoms with van der Waals surface area (Å²) in [5.74, 6) is 0. The number of benzene rings is 3. The maximum atomic E-state index is 13.1. The quantitative estimate of drug-likeness (QED) is 0.185. The number of nitrogens with zero attached hydrogens (tertiary/aromatic N) is 1. The van der Waals surface area contributed by atoms with Gasteiger partial charge in [0, 0.05) is 22.2 Å². The zero-order chi connectivity index (χ0) is 28.6. The number of aryl methyl sites for hydroxylation is 1. The molecule has 206 valence electrons. The minimum atomic E-state index is -0.566. The predicted octanol–water partition coefficient (Wildman–Crippen LogP) is 9.06. The molecule has 0 radical (unpaired) electrons. The number of carbonyl (C=O) groups is 2. The van der Waals surface area contributed by atoms with Crippen molar-refractivity contribution in [3.05, 3.63) is 107 Å². The third kappa shape index (κ3) is 5.43. The Hall–Kier alpha value is -4.20. The van der Waals surface area contributed by atoms with Gasteiger partial charge in [-0.3, -0.25) is 10.1 Å². The van der Waals surface area contributed by atoms with E-state index in [2.05, 4.69) is 22.4 Å². The highest BCUT2D eigenvalue weighted by Crippen LogP contribution is 2.49. The first-order valence-corrected chi connectivity index (χ1v) is 14.5. The molecule has 1 aliphatic carbocycles. The van der Waals surface area contributed by atoms with Crippen LogP contribution in [0.5, 0.6) is 0 Å². The summed E-state index contributed by atoms with van der Waals surface area (Å²) in [4.78, 5) is 30.3. The second-order valence-corrected chi connectivity index (χ2v) is 11.6. The molecule has 5 aromatic rings. The van der Waals surface area contributed by atoms with Crippen molar-refractivity contribution < 1.29 is 19.1 Å². The van der Waals surface area contributed by atoms with E-state index in [4.69, 9.17) is 21.1 Å². The van der Waals surface area contributed by atoms with Crippen molar-refractivity contribution >= 4 is 51.4 Å². The SMILES string of the molecule is Cc1cnc2sc(-c3ccc(-c4ccc(C5(OC=O)CC5)cc4)cc3)c(NC(=O)O[C@H](C)c3ccccc3Cl)c2c1. The van der Waals surface area contributed by atoms with Gasteiger partial charge in [0.1, 0.15) is 16.5 Å². The van der Waals surface area contributed by atoms with Crippen molar-refractivity contribution in [3.8, 4) is 21.6 Å². The molecule has 1 aliphatic rings. The molecule has 0 unspecified atom stereocenters. The number of amides is 1. The smallest absolute Gasteiger partial charge is 0.412 e. The molecule has 6 rings (SSSR count). The van der Waals surface area contributed by atoms with Gasteiger partial charge in [-0.05, 0) is 66.6 Å². The number of aromatic nitrogens is 1. The highest BCUT2D eigenvalue weighted by atomic mass is 35.5. The summed E-state index contributed by atoms with van der Waals surface area (Å²) in [5.41, 5.74) is 6.04. The average molecular weight is 583 g/mol. The minimum absolute atomic E-state index is 0.451. The van der Waals surface area contributed by atoms with Crippen LogP contribution in [0.2, 0.25) is 5.02 Å². The Balaban J connectivity index is 1.27. The van der Waals surface area contributed by atoms with E-state index < -0.39 is 17.8 Å². The van der Waals surface area contributed by atoms with Gasteiger partial charge in [-0.1, -0.05) is 78.3 Å². The maximum Gasteiger partial charge on any atom is 0.412 e. The van der Waals surface area contributed by atoms with E-state index in [1.54, 1.807) is 13.0 Å². The molecule has 1 N–H and O–H groups in total. The van der Waals surface area contributed by atoms with Gasteiger partial charge >= 0.3 is 6.09 Å². The van der Waals surface area contributed by atoms with Crippen molar-refractivity contribution in [3.63, 3.8) is 0 Å². The number of ether oxygens (including phenoxy) is 2. The van der Waals surface area contributed by atoms with E-state index in [-0.39, 0.29) is 0 Å². The fourth-order valence-electron chi connectivity index (χ4n) is 5.04. The standard InChI is InChI=1S/C33H27ClN2O4S/c1-20-17-27-29(36-32(38)40-21(2)26-5-3-4-6-28(26)34)30(41-31(27)35-18-20)24-9-7-22(8-10-24)23-11-13-25(14-12-23)33(15-16-33)39-19-37/h3-14,17-19,21H,15-16H2,1-2H3,(H,36,38)/t21-/m1/s1. The van der Waals surface area contributed by atoms with Gasteiger partial charge in [0.2, 0.25) is 0 Å². The van der Waals surface area contributed by atoms with Gasteiger partial charge in [0.05, 0.1) is 10.6 Å². The molecule has 1 fully saturated rings. The number of halogens is 1. The van der Waals surface area contributed by atoms with Crippen LogP contribution >= 0.6 is 22.9 Å². The summed E-state index contributed by atoms with van der Waals surface area (Å²) in [6.45, 7) is 4.30. The lowest BCUT2D eigenvalue weighted by molar-refractivity contribution is -0.136. The molecule has 1 amide bonds. The Morgan fingerprint density at radius 1 is 1.02 bits per heavy atom. The maximum absolute atomic E-state index is 13.1. The van der Waals surface area contributed by atoms with Crippen LogP contribution in [0.25, 0.3) is 31.8 Å². The lowest BCUT2D eigenvalue weighted by atomic mass is 9.99. The first kappa shape index (κ1) is 27.0. The molecule has 0 saturated heterocycles. The second kappa shape index (κ2) is 11.0. The van der Waals surface area contributed by atoms with Crippen LogP contribution < -0.4 is 5.32 Å². The number of rotatable bonds is 8. The summed E-state index contributed by atoms with van der Waals surface area (Å²) in [6.07, 6.45) is 2.44. The highest BCUT2D eigenvalue weighted by molar-refractivity contribution is 7.22. The molecule has 0 bridgehead atoms. The second-order valence-electron chi connectivity index (χ2n) is 10.2. The Morgan fingerprint density at radius 3 is 2.34 bits per heavy atom. The van der Waals surface area contributed by atoms with Crippen LogP contribution in [0.4, 0.5) is 10.5 Å². The molecule has 2 heterocycles. The Morgan fingerprint density at radius 2 is 1.68 bits per heavy atom. The molecule has 2 aromatic heterocycles. The summed E-state index contributed by atoms with van der Waals surface area (Å²) in [7, 11) is 0. The average Bonchev–Trinajstić information content (AvgIpc) is 3.69. The third-order valence-electron chi connectivity index (χ3n) is 7.41. The third-order valence-corrected chi connectivity index (χ3v) is 8.91. The van der Waals surface area contributed by atoms with Gasteiger partial charge in [-0.15, -0.1) is 11.3 Å². The molecule has 0 spiro atoms. The minimum Gasteiger partial charge on any atom is -0.456 e. The summed E-state index contributed by atoms with van der Waals surface area (Å²) < 4.78 is 11.0. The first-order valence-electron chi connectivity index (χ1n) is 13.3. The van der Waals surface area contributed by atoms with E-state index in [1.165, 1.54) is 11.3 Å². The summed E-state index contributed by atoms with van der Waals surface area (Å²) in [6, 6.07) is 25.7. The molecule has 3 aromatic carbocycles. The number of nitrogens with one attached hydrogen (secondary N) is 1. The lowest BCUT2D eigenvalue weighted by Gasteiger charge is -2.16. The van der Waals surface area contributed by atoms with E-state index >= 15 is 0 Å². The van der Waals surface area contributed by atoms with Gasteiger partial charge < -0.3 is 9.47 Å². The normalized spacial score (nSPS) is 14.3. The first-order chi connectivity index (χ1) is 19.9. The molecule has 6 nitrogen and oxygen atoms in total. The predicted molar refractivity (Wildman–Crippen MR) is 163 cm³/mol. The molecule has 1 atom stereocenters. The fourth-order valence-corrected chi connectivity index (χ4v) is 6.41. The van der Waals surface area contributed by atoms with Crippen LogP contribution in [0.3, 0.4) is 0 Å². The summed E-state index contributed by atoms with van der Waals surface area (Å²) in [5, 5.41) is 4.40. The van der Waals surface area contributed by atoms with E-state index in [0.29, 0.717) is 17.2 Å². The highest BCUT2D eigenvalue weighted by Gasteiger charge is 2.46. The topological polar surface area (TPSA) is 77.5 Å².